The van der Waals surface area contributed by atoms with Crippen LogP contribution in [0.2, 0.25) is 0 Å². The molecule has 0 bridgehead atoms. The number of aromatic carboxylic acids is 1. The van der Waals surface area contributed by atoms with Gasteiger partial charge in [-0.3, -0.25) is 0 Å². The van der Waals surface area contributed by atoms with Gasteiger partial charge in [0, 0.05) is 12.0 Å². The van der Waals surface area contributed by atoms with Crippen molar-refractivity contribution in [2.24, 2.45) is 0 Å². The number of furan rings is 1. The average molecular weight is 352 g/mol. The molecular weight excluding hydrogens is 343 g/mol. The summed E-state index contributed by atoms with van der Waals surface area (Å²) >= 11 is 0.871. The number of alkyl halides is 3. The maximum atomic E-state index is 12.6. The van der Waals surface area contributed by atoms with Gasteiger partial charge >= 0.3 is 6.18 Å². The second-order valence-electron chi connectivity index (χ2n) is 4.97. The van der Waals surface area contributed by atoms with Crippen molar-refractivity contribution in [2.45, 2.75) is 12.6 Å². The molecule has 0 radical (unpaired) electrons. The molecule has 0 N–H and O–H groups in total. The van der Waals surface area contributed by atoms with E-state index in [1.54, 1.807) is 6.07 Å². The van der Waals surface area contributed by atoms with Gasteiger partial charge in [0.1, 0.15) is 5.01 Å². The Morgan fingerprint density at radius 1 is 1.21 bits per heavy atom. The molecule has 0 fully saturated rings. The standard InChI is InChI=1S/C16H10F3NO3S/c17-16(18,19)11-3-1-10(2-4-11)14-20-12(13(24-14)15(21)22)7-9-5-6-23-8-9/h1-6,8H,7H2,(H,21,22)/p-1. The summed E-state index contributed by atoms with van der Waals surface area (Å²) in [7, 11) is 0. The Labute approximate surface area is 138 Å². The third-order valence-electron chi connectivity index (χ3n) is 3.29. The maximum absolute atomic E-state index is 12.6. The van der Waals surface area contributed by atoms with Gasteiger partial charge in [-0.2, -0.15) is 13.2 Å². The number of aromatic nitrogens is 1. The quantitative estimate of drug-likeness (QED) is 0.722. The van der Waals surface area contributed by atoms with E-state index in [9.17, 15) is 23.1 Å². The van der Waals surface area contributed by atoms with Crippen molar-refractivity contribution in [3.8, 4) is 10.6 Å². The van der Waals surface area contributed by atoms with Crippen molar-refractivity contribution in [3.05, 3.63) is 64.6 Å². The molecule has 4 nitrogen and oxygen atoms in total. The number of halogens is 3. The molecule has 24 heavy (non-hydrogen) atoms. The fourth-order valence-electron chi connectivity index (χ4n) is 2.14. The zero-order valence-electron chi connectivity index (χ0n) is 12.0. The van der Waals surface area contributed by atoms with Crippen LogP contribution in [0.4, 0.5) is 13.2 Å². The highest BCUT2D eigenvalue weighted by Crippen LogP contribution is 2.33. The first-order valence-electron chi connectivity index (χ1n) is 6.74. The molecule has 0 saturated carbocycles. The Morgan fingerprint density at radius 3 is 2.46 bits per heavy atom. The molecule has 124 valence electrons. The number of thiazole rings is 1. The summed E-state index contributed by atoms with van der Waals surface area (Å²) in [4.78, 5) is 15.5. The minimum Gasteiger partial charge on any atom is -0.544 e. The van der Waals surface area contributed by atoms with Gasteiger partial charge in [-0.15, -0.1) is 11.3 Å². The highest BCUT2D eigenvalue weighted by atomic mass is 32.1. The Morgan fingerprint density at radius 2 is 1.92 bits per heavy atom. The number of carbonyl (C=O) groups excluding carboxylic acids is 1. The molecule has 0 atom stereocenters. The molecule has 0 aliphatic rings. The second kappa shape index (κ2) is 6.12. The van der Waals surface area contributed by atoms with Crippen LogP contribution in [0.15, 0.2) is 47.3 Å². The number of rotatable bonds is 4. The number of carboxylic acid groups (broad SMARTS) is 1. The third-order valence-corrected chi connectivity index (χ3v) is 4.42. The minimum atomic E-state index is -4.43. The van der Waals surface area contributed by atoms with Gasteiger partial charge in [-0.25, -0.2) is 4.98 Å². The number of benzene rings is 1. The van der Waals surface area contributed by atoms with Crippen LogP contribution in [0.1, 0.15) is 26.5 Å². The molecule has 3 rings (SSSR count). The van der Waals surface area contributed by atoms with Gasteiger partial charge in [0.2, 0.25) is 0 Å². The second-order valence-corrected chi connectivity index (χ2v) is 5.96. The summed E-state index contributed by atoms with van der Waals surface area (Å²) in [5.41, 5.74) is 0.661. The van der Waals surface area contributed by atoms with Crippen LogP contribution in [0.3, 0.4) is 0 Å². The molecule has 2 aromatic heterocycles. The summed E-state index contributed by atoms with van der Waals surface area (Å²) in [6.07, 6.45) is -1.27. The molecular formula is C16H9F3NO3S-. The van der Waals surface area contributed by atoms with E-state index in [2.05, 4.69) is 4.98 Å². The maximum Gasteiger partial charge on any atom is 0.416 e. The van der Waals surface area contributed by atoms with Crippen LogP contribution in [0.25, 0.3) is 10.6 Å². The first-order chi connectivity index (χ1) is 11.3. The van der Waals surface area contributed by atoms with E-state index in [4.69, 9.17) is 4.42 Å². The molecule has 0 spiro atoms. The zero-order valence-corrected chi connectivity index (χ0v) is 12.8. The Kier molecular flexibility index (Phi) is 4.15. The Balaban J connectivity index is 1.95. The Bertz CT molecular complexity index is 852. The fraction of sp³-hybridized carbons (Fsp3) is 0.125. The van der Waals surface area contributed by atoms with Crippen molar-refractivity contribution >= 4 is 17.3 Å². The van der Waals surface area contributed by atoms with Crippen molar-refractivity contribution in [1.29, 1.82) is 0 Å². The lowest BCUT2D eigenvalue weighted by Crippen LogP contribution is -2.22. The normalized spacial score (nSPS) is 11.6. The molecule has 0 saturated heterocycles. The zero-order chi connectivity index (χ0) is 17.3. The Hall–Kier alpha value is -2.61. The molecule has 8 heteroatoms. The van der Waals surface area contributed by atoms with Gasteiger partial charge in [-0.1, -0.05) is 12.1 Å². The lowest BCUT2D eigenvalue weighted by molar-refractivity contribution is -0.254. The third kappa shape index (κ3) is 3.33. The summed E-state index contributed by atoms with van der Waals surface area (Å²) in [5.74, 6) is -1.37. The summed E-state index contributed by atoms with van der Waals surface area (Å²) in [6.45, 7) is 0. The van der Waals surface area contributed by atoms with E-state index >= 15 is 0 Å². The van der Waals surface area contributed by atoms with E-state index in [1.165, 1.54) is 24.7 Å². The highest BCUT2D eigenvalue weighted by molar-refractivity contribution is 7.17. The van der Waals surface area contributed by atoms with Crippen molar-refractivity contribution in [2.75, 3.05) is 0 Å². The van der Waals surface area contributed by atoms with Gasteiger partial charge in [-0.05, 0) is 23.8 Å². The molecule has 0 aliphatic carbocycles. The lowest BCUT2D eigenvalue weighted by atomic mass is 10.1. The van der Waals surface area contributed by atoms with E-state index in [1.807, 2.05) is 0 Å². The monoisotopic (exact) mass is 352 g/mol. The van der Waals surface area contributed by atoms with Crippen molar-refractivity contribution in [1.82, 2.24) is 4.98 Å². The van der Waals surface area contributed by atoms with E-state index in [-0.39, 0.29) is 17.0 Å². The molecule has 2 heterocycles. The first-order valence-corrected chi connectivity index (χ1v) is 7.56. The van der Waals surface area contributed by atoms with Gasteiger partial charge in [0.25, 0.3) is 0 Å². The fourth-order valence-corrected chi connectivity index (χ4v) is 3.06. The summed E-state index contributed by atoms with van der Waals surface area (Å²) in [6, 6.07) is 6.08. The van der Waals surface area contributed by atoms with Gasteiger partial charge < -0.3 is 14.3 Å². The van der Waals surface area contributed by atoms with Crippen molar-refractivity contribution in [3.63, 3.8) is 0 Å². The number of hydrogen-bond donors (Lipinski definition) is 0. The topological polar surface area (TPSA) is 66.2 Å². The molecule has 0 unspecified atom stereocenters. The molecule has 3 aromatic rings. The van der Waals surface area contributed by atoms with Crippen LogP contribution in [-0.4, -0.2) is 11.0 Å². The SMILES string of the molecule is O=C([O-])c1sc(-c2ccc(C(F)(F)F)cc2)nc1Cc1ccoc1. The molecule has 0 amide bonds. The lowest BCUT2D eigenvalue weighted by Gasteiger charge is -2.06. The summed E-state index contributed by atoms with van der Waals surface area (Å²) in [5, 5.41) is 11.6. The van der Waals surface area contributed by atoms with Crippen LogP contribution in [0, 0.1) is 0 Å². The predicted molar refractivity (Wildman–Crippen MR) is 78.4 cm³/mol. The predicted octanol–water partition coefficient (Wildman–Crippen LogP) is 3.38. The van der Waals surface area contributed by atoms with Gasteiger partial charge in [0.05, 0.1) is 34.6 Å². The summed E-state index contributed by atoms with van der Waals surface area (Å²) < 4.78 is 42.7. The van der Waals surface area contributed by atoms with Crippen LogP contribution < -0.4 is 5.11 Å². The van der Waals surface area contributed by atoms with Crippen molar-refractivity contribution < 1.29 is 27.5 Å². The number of carbonyl (C=O) groups is 1. The number of nitrogens with zero attached hydrogens (tertiary/aromatic N) is 1. The van der Waals surface area contributed by atoms with E-state index in [0.717, 1.165) is 29.0 Å². The van der Waals surface area contributed by atoms with Crippen LogP contribution in [0.5, 0.6) is 0 Å². The highest BCUT2D eigenvalue weighted by Gasteiger charge is 2.30. The number of hydrogen-bond acceptors (Lipinski definition) is 5. The average Bonchev–Trinajstić information content (AvgIpc) is 3.16. The van der Waals surface area contributed by atoms with Crippen LogP contribution >= 0.6 is 11.3 Å². The number of carboxylic acids is 1. The molecule has 0 aliphatic heterocycles. The van der Waals surface area contributed by atoms with Gasteiger partial charge in [0.15, 0.2) is 0 Å². The van der Waals surface area contributed by atoms with E-state index < -0.39 is 17.7 Å². The first kappa shape index (κ1) is 16.3. The van der Waals surface area contributed by atoms with Crippen LogP contribution in [-0.2, 0) is 12.6 Å². The van der Waals surface area contributed by atoms with E-state index in [0.29, 0.717) is 10.6 Å². The largest absolute Gasteiger partial charge is 0.544 e. The minimum absolute atomic E-state index is 0.0499. The molecule has 1 aromatic carbocycles. The smallest absolute Gasteiger partial charge is 0.416 e.